The molecule has 0 bridgehead atoms. The van der Waals surface area contributed by atoms with Gasteiger partial charge in [0.15, 0.2) is 5.78 Å². The molecule has 1 aromatic rings. The smallest absolute Gasteiger partial charge is 0.151 e. The van der Waals surface area contributed by atoms with Gasteiger partial charge < -0.3 is 4.74 Å². The topological polar surface area (TPSA) is 26.3 Å². The zero-order valence-electron chi connectivity index (χ0n) is 10.1. The highest BCUT2D eigenvalue weighted by Gasteiger charge is 2.22. The van der Waals surface area contributed by atoms with E-state index in [0.29, 0.717) is 12.2 Å². The maximum absolute atomic E-state index is 12.2. The highest BCUT2D eigenvalue weighted by atomic mass is 79.9. The van der Waals surface area contributed by atoms with Crippen LogP contribution in [0.15, 0.2) is 22.7 Å². The molecule has 0 radical (unpaired) electrons. The lowest BCUT2D eigenvalue weighted by atomic mass is 10.1. The Bertz CT molecular complexity index is 431. The first-order valence-corrected chi connectivity index (χ1v) is 8.75. The van der Waals surface area contributed by atoms with Gasteiger partial charge in [0.25, 0.3) is 0 Å². The summed E-state index contributed by atoms with van der Waals surface area (Å²) in [6, 6.07) is 5.83. The van der Waals surface area contributed by atoms with Crippen molar-refractivity contribution in [2.75, 3.05) is 24.4 Å². The quantitative estimate of drug-likeness (QED) is 0.834. The Hall–Kier alpha value is -0.130. The van der Waals surface area contributed by atoms with Crippen molar-refractivity contribution in [1.82, 2.24) is 0 Å². The van der Waals surface area contributed by atoms with Crippen LogP contribution in [-0.4, -0.2) is 35.4 Å². The zero-order chi connectivity index (χ0) is 13.0. The lowest BCUT2D eigenvalue weighted by Gasteiger charge is -2.19. The Morgan fingerprint density at radius 3 is 2.94 bits per heavy atom. The van der Waals surface area contributed by atoms with Crippen molar-refractivity contribution in [2.45, 2.75) is 11.7 Å². The summed E-state index contributed by atoms with van der Waals surface area (Å²) in [6.45, 7) is 0. The first-order chi connectivity index (χ1) is 8.70. The van der Waals surface area contributed by atoms with Gasteiger partial charge in [-0.15, -0.1) is 11.8 Å². The largest absolute Gasteiger partial charge is 0.496 e. The molecule has 0 amide bonds. The second-order valence-electron chi connectivity index (χ2n) is 4.05. The van der Waals surface area contributed by atoms with Crippen LogP contribution in [0, 0.1) is 0 Å². The first-order valence-electron chi connectivity index (χ1n) is 5.75. The molecule has 1 aliphatic heterocycles. The number of hydrogen-bond donors (Lipinski definition) is 0. The van der Waals surface area contributed by atoms with Crippen LogP contribution in [0.4, 0.5) is 0 Å². The van der Waals surface area contributed by atoms with E-state index in [1.807, 2.05) is 30.0 Å². The van der Waals surface area contributed by atoms with Crippen molar-refractivity contribution in [1.29, 1.82) is 0 Å². The number of ether oxygens (including phenoxy) is 1. The van der Waals surface area contributed by atoms with Crippen LogP contribution < -0.4 is 4.74 Å². The summed E-state index contributed by atoms with van der Waals surface area (Å²) in [5.41, 5.74) is 1.05. The van der Waals surface area contributed by atoms with Crippen LogP contribution in [0.2, 0.25) is 0 Å². The van der Waals surface area contributed by atoms with Crippen LogP contribution in [-0.2, 0) is 11.2 Å². The molecule has 1 atom stereocenters. The maximum Gasteiger partial charge on any atom is 0.151 e. The minimum absolute atomic E-state index is 0.171. The number of hydrogen-bond acceptors (Lipinski definition) is 4. The Balaban J connectivity index is 2.00. The van der Waals surface area contributed by atoms with Crippen LogP contribution in [0.1, 0.15) is 5.56 Å². The molecule has 1 fully saturated rings. The van der Waals surface area contributed by atoms with Crippen LogP contribution in [0.25, 0.3) is 0 Å². The summed E-state index contributed by atoms with van der Waals surface area (Å²) in [4.78, 5) is 12.2. The van der Waals surface area contributed by atoms with Crippen molar-refractivity contribution in [3.05, 3.63) is 28.2 Å². The number of carbonyl (C=O) groups excluding carboxylic acids is 1. The van der Waals surface area contributed by atoms with Gasteiger partial charge >= 0.3 is 0 Å². The van der Waals surface area contributed by atoms with E-state index in [4.69, 9.17) is 4.74 Å². The molecule has 2 nitrogen and oxygen atoms in total. The van der Waals surface area contributed by atoms with Gasteiger partial charge in [-0.1, -0.05) is 6.07 Å². The van der Waals surface area contributed by atoms with E-state index in [1.54, 1.807) is 18.9 Å². The Morgan fingerprint density at radius 1 is 1.50 bits per heavy atom. The van der Waals surface area contributed by atoms with E-state index >= 15 is 0 Å². The molecule has 0 spiro atoms. The molecule has 1 aromatic carbocycles. The molecular formula is C13H15BrO2S2. The van der Waals surface area contributed by atoms with Crippen LogP contribution in [0.5, 0.6) is 5.75 Å². The number of benzene rings is 1. The zero-order valence-corrected chi connectivity index (χ0v) is 13.4. The number of carbonyl (C=O) groups is 1. The highest BCUT2D eigenvalue weighted by molar-refractivity contribution is 9.10. The normalized spacial score (nSPS) is 19.6. The van der Waals surface area contributed by atoms with E-state index in [9.17, 15) is 4.79 Å². The molecular weight excluding hydrogens is 332 g/mol. The minimum atomic E-state index is 0.171. The fourth-order valence-corrected chi connectivity index (χ4v) is 5.05. The third-order valence-electron chi connectivity index (χ3n) is 2.77. The summed E-state index contributed by atoms with van der Waals surface area (Å²) in [7, 11) is 1.64. The number of Topliss-reactive ketones (excluding diaryl/α,β-unsaturated/α-hetero) is 1. The second kappa shape index (κ2) is 6.87. The fourth-order valence-electron chi connectivity index (χ4n) is 1.81. The predicted molar refractivity (Wildman–Crippen MR) is 83.0 cm³/mol. The van der Waals surface area contributed by atoms with Gasteiger partial charge in [0.05, 0.1) is 16.8 Å². The number of ketones is 1. The van der Waals surface area contributed by atoms with E-state index < -0.39 is 0 Å². The van der Waals surface area contributed by atoms with E-state index in [2.05, 4.69) is 15.9 Å². The number of methoxy groups -OCH3 is 1. The highest BCUT2D eigenvalue weighted by Crippen LogP contribution is 2.28. The standard InChI is InChI=1S/C13H15BrO2S2/c1-16-12-3-2-9(6-10(12)14)7-11(15)13-8-17-4-5-18-13/h2-3,6,13H,4-5,7-8H2,1H3. The van der Waals surface area contributed by atoms with E-state index in [1.165, 1.54) is 5.75 Å². The van der Waals surface area contributed by atoms with Gasteiger partial charge in [0, 0.05) is 23.7 Å². The lowest BCUT2D eigenvalue weighted by Crippen LogP contribution is -2.25. The lowest BCUT2D eigenvalue weighted by molar-refractivity contribution is -0.117. The van der Waals surface area contributed by atoms with Crippen LogP contribution >= 0.6 is 39.5 Å². The average Bonchev–Trinajstić information content (AvgIpc) is 2.40. The summed E-state index contributed by atoms with van der Waals surface area (Å²) in [5.74, 6) is 4.36. The van der Waals surface area contributed by atoms with Gasteiger partial charge in [0.2, 0.25) is 0 Å². The Labute approximate surface area is 124 Å². The molecule has 1 unspecified atom stereocenters. The van der Waals surface area contributed by atoms with Crippen molar-refractivity contribution in [3.63, 3.8) is 0 Å². The minimum Gasteiger partial charge on any atom is -0.496 e. The summed E-state index contributed by atoms with van der Waals surface area (Å²) in [6.07, 6.45) is 0.515. The van der Waals surface area contributed by atoms with Gasteiger partial charge in [-0.25, -0.2) is 0 Å². The molecule has 1 saturated heterocycles. The van der Waals surface area contributed by atoms with E-state index in [-0.39, 0.29) is 5.25 Å². The maximum atomic E-state index is 12.2. The molecule has 0 N–H and O–H groups in total. The molecule has 0 aliphatic carbocycles. The number of thioether (sulfide) groups is 2. The number of halogens is 1. The van der Waals surface area contributed by atoms with Gasteiger partial charge in [-0.05, 0) is 33.6 Å². The number of rotatable bonds is 4. The van der Waals surface area contributed by atoms with Gasteiger partial charge in [-0.2, -0.15) is 11.8 Å². The summed E-state index contributed by atoms with van der Waals surface area (Å²) in [5, 5.41) is 0.171. The predicted octanol–water partition coefficient (Wildman–Crippen LogP) is 3.42. The third-order valence-corrected chi connectivity index (χ3v) is 6.19. The summed E-state index contributed by atoms with van der Waals surface area (Å²) >= 11 is 7.12. The molecule has 1 aliphatic rings. The molecule has 18 heavy (non-hydrogen) atoms. The monoisotopic (exact) mass is 346 g/mol. The molecule has 0 aromatic heterocycles. The van der Waals surface area contributed by atoms with Crippen molar-refractivity contribution in [3.8, 4) is 5.75 Å². The van der Waals surface area contributed by atoms with E-state index in [0.717, 1.165) is 27.3 Å². The average molecular weight is 347 g/mol. The SMILES string of the molecule is COc1ccc(CC(=O)C2CSCCS2)cc1Br. The molecule has 5 heteroatoms. The molecule has 2 rings (SSSR count). The van der Waals surface area contributed by atoms with Gasteiger partial charge in [0.1, 0.15) is 5.75 Å². The Morgan fingerprint density at radius 2 is 2.33 bits per heavy atom. The van der Waals surface area contributed by atoms with Crippen molar-refractivity contribution in [2.24, 2.45) is 0 Å². The van der Waals surface area contributed by atoms with Crippen molar-refractivity contribution < 1.29 is 9.53 Å². The van der Waals surface area contributed by atoms with Crippen LogP contribution in [0.3, 0.4) is 0 Å². The fraction of sp³-hybridized carbons (Fsp3) is 0.462. The molecule has 98 valence electrons. The summed E-state index contributed by atoms with van der Waals surface area (Å²) < 4.78 is 6.09. The molecule has 1 heterocycles. The molecule has 0 saturated carbocycles. The first kappa shape index (κ1) is 14.3. The third kappa shape index (κ3) is 3.68. The van der Waals surface area contributed by atoms with Crippen molar-refractivity contribution >= 4 is 45.2 Å². The Kier molecular flexibility index (Phi) is 5.45. The van der Waals surface area contributed by atoms with Gasteiger partial charge in [-0.3, -0.25) is 4.79 Å². The second-order valence-corrected chi connectivity index (χ2v) is 7.36.